The van der Waals surface area contributed by atoms with Gasteiger partial charge in [0.2, 0.25) is 5.91 Å². The van der Waals surface area contributed by atoms with Gasteiger partial charge in [-0.25, -0.2) is 0 Å². The summed E-state index contributed by atoms with van der Waals surface area (Å²) in [5.41, 5.74) is 0.699. The zero-order valence-corrected chi connectivity index (χ0v) is 13.2. The number of nitrogens with zero attached hydrogens (tertiary/aromatic N) is 2. The molecule has 0 bridgehead atoms. The van der Waals surface area contributed by atoms with Crippen molar-refractivity contribution in [2.45, 2.75) is 10.6 Å². The zero-order chi connectivity index (χ0) is 15.4. The van der Waals surface area contributed by atoms with Gasteiger partial charge in [0.05, 0.1) is 22.1 Å². The molecule has 2 aromatic rings. The first-order chi connectivity index (χ1) is 10.7. The fourth-order valence-electron chi connectivity index (χ4n) is 1.95. The number of amides is 2. The second-order valence-corrected chi connectivity index (χ2v) is 6.76. The van der Waals surface area contributed by atoms with Crippen LogP contribution in [0.4, 0.5) is 5.69 Å². The van der Waals surface area contributed by atoms with Gasteiger partial charge >= 0.3 is 0 Å². The highest BCUT2D eigenvalue weighted by molar-refractivity contribution is 8.01. The standard InChI is InChI=1S/C15H13N3O2S2/c19-13(10-22-15-7-4-8-21-15)16-12-9-14(20)18(17-12)11-5-2-1-3-6-11/h1-8H,9-10H2,(H,16,17,19). The van der Waals surface area contributed by atoms with Crippen LogP contribution in [-0.4, -0.2) is 23.4 Å². The summed E-state index contributed by atoms with van der Waals surface area (Å²) in [5.74, 6) is 0.400. The monoisotopic (exact) mass is 331 g/mol. The average molecular weight is 331 g/mol. The van der Waals surface area contributed by atoms with Crippen molar-refractivity contribution in [2.75, 3.05) is 10.8 Å². The smallest absolute Gasteiger partial charge is 0.255 e. The number of hydrazone groups is 1. The summed E-state index contributed by atoms with van der Waals surface area (Å²) in [6, 6.07) is 13.1. The number of carbonyl (C=O) groups excluding carboxylic acids is 2. The van der Waals surface area contributed by atoms with E-state index >= 15 is 0 Å². The van der Waals surface area contributed by atoms with Crippen LogP contribution in [0.2, 0.25) is 0 Å². The lowest BCUT2D eigenvalue weighted by molar-refractivity contribution is -0.117. The van der Waals surface area contributed by atoms with Gasteiger partial charge in [-0.05, 0) is 23.6 Å². The normalized spacial score (nSPS) is 14.1. The molecule has 5 nitrogen and oxygen atoms in total. The Bertz CT molecular complexity index is 699. The molecule has 112 valence electrons. The van der Waals surface area contributed by atoms with E-state index in [2.05, 4.69) is 10.4 Å². The number of hydrogen-bond acceptors (Lipinski definition) is 5. The topological polar surface area (TPSA) is 61.8 Å². The van der Waals surface area contributed by atoms with Crippen molar-refractivity contribution in [3.63, 3.8) is 0 Å². The molecule has 1 aromatic heterocycles. The van der Waals surface area contributed by atoms with E-state index in [4.69, 9.17) is 0 Å². The fraction of sp³-hybridized carbons (Fsp3) is 0.133. The second-order valence-electron chi connectivity index (χ2n) is 4.53. The Morgan fingerprint density at radius 3 is 2.82 bits per heavy atom. The van der Waals surface area contributed by atoms with Gasteiger partial charge in [0.25, 0.3) is 5.91 Å². The van der Waals surface area contributed by atoms with Gasteiger partial charge in [0, 0.05) is 0 Å². The molecule has 0 radical (unpaired) electrons. The van der Waals surface area contributed by atoms with E-state index in [0.717, 1.165) is 4.21 Å². The maximum absolute atomic E-state index is 12.0. The first kappa shape index (κ1) is 14.8. The molecule has 1 aromatic carbocycles. The molecule has 3 rings (SSSR count). The van der Waals surface area contributed by atoms with Crippen molar-refractivity contribution < 1.29 is 9.59 Å². The molecule has 2 heterocycles. The quantitative estimate of drug-likeness (QED) is 0.876. The predicted octanol–water partition coefficient (Wildman–Crippen LogP) is 2.71. The van der Waals surface area contributed by atoms with E-state index in [1.54, 1.807) is 23.5 Å². The van der Waals surface area contributed by atoms with Gasteiger partial charge < -0.3 is 5.32 Å². The van der Waals surface area contributed by atoms with Crippen LogP contribution in [0.3, 0.4) is 0 Å². The highest BCUT2D eigenvalue weighted by atomic mass is 32.2. The molecular weight excluding hydrogens is 318 g/mol. The predicted molar refractivity (Wildman–Crippen MR) is 89.2 cm³/mol. The molecule has 1 aliphatic heterocycles. The minimum atomic E-state index is -0.153. The van der Waals surface area contributed by atoms with Crippen LogP contribution >= 0.6 is 23.1 Å². The Kier molecular flexibility index (Phi) is 4.55. The summed E-state index contributed by atoms with van der Waals surface area (Å²) < 4.78 is 1.09. The van der Waals surface area contributed by atoms with E-state index in [9.17, 15) is 9.59 Å². The van der Waals surface area contributed by atoms with Crippen LogP contribution in [0, 0.1) is 0 Å². The van der Waals surface area contributed by atoms with Crippen LogP contribution in [0.5, 0.6) is 0 Å². The molecule has 0 saturated carbocycles. The average Bonchev–Trinajstić information content (AvgIpc) is 3.16. The Hall–Kier alpha value is -2.12. The summed E-state index contributed by atoms with van der Waals surface area (Å²) in [6.45, 7) is 0. The van der Waals surface area contributed by atoms with E-state index in [-0.39, 0.29) is 18.2 Å². The number of thiophene rings is 1. The first-order valence-corrected chi connectivity index (χ1v) is 8.50. The summed E-state index contributed by atoms with van der Waals surface area (Å²) >= 11 is 3.07. The molecule has 1 N–H and O–H groups in total. The lowest BCUT2D eigenvalue weighted by Gasteiger charge is -2.10. The third kappa shape index (κ3) is 3.55. The molecule has 0 atom stereocenters. The molecule has 0 saturated heterocycles. The van der Waals surface area contributed by atoms with Gasteiger partial charge in [-0.3, -0.25) is 9.59 Å². The highest BCUT2D eigenvalue weighted by Gasteiger charge is 2.26. The molecule has 0 aliphatic carbocycles. The van der Waals surface area contributed by atoms with E-state index in [0.29, 0.717) is 17.3 Å². The Balaban J connectivity index is 1.58. The lowest BCUT2D eigenvalue weighted by atomic mass is 10.3. The number of carbonyl (C=O) groups is 2. The lowest BCUT2D eigenvalue weighted by Crippen LogP contribution is -2.31. The third-order valence-electron chi connectivity index (χ3n) is 2.90. The van der Waals surface area contributed by atoms with Crippen molar-refractivity contribution in [1.82, 2.24) is 5.32 Å². The number of benzene rings is 1. The highest BCUT2D eigenvalue weighted by Crippen LogP contribution is 2.23. The summed E-state index contributed by atoms with van der Waals surface area (Å²) in [5, 5.41) is 10.2. The molecule has 1 aliphatic rings. The van der Waals surface area contributed by atoms with Crippen molar-refractivity contribution in [3.8, 4) is 0 Å². The van der Waals surface area contributed by atoms with E-state index < -0.39 is 0 Å². The number of hydrogen-bond donors (Lipinski definition) is 1. The number of anilines is 1. The van der Waals surface area contributed by atoms with Crippen LogP contribution in [0.25, 0.3) is 0 Å². The Labute approximate surface area is 136 Å². The largest absolute Gasteiger partial charge is 0.312 e. The van der Waals surface area contributed by atoms with Crippen molar-refractivity contribution in [2.24, 2.45) is 5.10 Å². The SMILES string of the molecule is O=C(CSc1cccs1)NC1=NN(c2ccccc2)C(=O)C1. The Morgan fingerprint density at radius 2 is 2.09 bits per heavy atom. The first-order valence-electron chi connectivity index (χ1n) is 6.64. The van der Waals surface area contributed by atoms with Gasteiger partial charge in [-0.15, -0.1) is 23.1 Å². The number of nitrogens with one attached hydrogen (secondary N) is 1. The number of rotatable bonds is 4. The minimum absolute atomic E-state index is 0.115. The van der Waals surface area contributed by atoms with Crippen molar-refractivity contribution >= 4 is 46.4 Å². The van der Waals surface area contributed by atoms with Gasteiger partial charge in [0.1, 0.15) is 5.84 Å². The Morgan fingerprint density at radius 1 is 1.27 bits per heavy atom. The number of thioether (sulfide) groups is 1. The van der Waals surface area contributed by atoms with Crippen LogP contribution in [0.1, 0.15) is 6.42 Å². The number of para-hydroxylation sites is 1. The van der Waals surface area contributed by atoms with Gasteiger partial charge in [-0.2, -0.15) is 10.1 Å². The molecule has 7 heteroatoms. The minimum Gasteiger partial charge on any atom is -0.312 e. The van der Waals surface area contributed by atoms with Crippen LogP contribution < -0.4 is 10.3 Å². The molecule has 0 unspecified atom stereocenters. The summed E-state index contributed by atoms with van der Waals surface area (Å²) in [7, 11) is 0. The van der Waals surface area contributed by atoms with Crippen molar-refractivity contribution in [3.05, 3.63) is 47.8 Å². The molecule has 2 amide bonds. The van der Waals surface area contributed by atoms with Gasteiger partial charge in [0.15, 0.2) is 0 Å². The number of amidine groups is 1. The fourth-order valence-corrected chi connectivity index (χ4v) is 3.53. The van der Waals surface area contributed by atoms with Crippen LogP contribution in [0.15, 0.2) is 57.2 Å². The molecule has 22 heavy (non-hydrogen) atoms. The van der Waals surface area contributed by atoms with Crippen molar-refractivity contribution in [1.29, 1.82) is 0 Å². The third-order valence-corrected chi connectivity index (χ3v) is 5.03. The maximum Gasteiger partial charge on any atom is 0.255 e. The molecule has 0 fully saturated rings. The summed E-state index contributed by atoms with van der Waals surface area (Å²) in [4.78, 5) is 23.9. The second kappa shape index (κ2) is 6.76. The van der Waals surface area contributed by atoms with E-state index in [1.807, 2.05) is 35.7 Å². The van der Waals surface area contributed by atoms with Gasteiger partial charge in [-0.1, -0.05) is 24.3 Å². The van der Waals surface area contributed by atoms with Crippen LogP contribution in [-0.2, 0) is 9.59 Å². The maximum atomic E-state index is 12.0. The van der Waals surface area contributed by atoms with E-state index in [1.165, 1.54) is 16.8 Å². The summed E-state index contributed by atoms with van der Waals surface area (Å²) in [6.07, 6.45) is 0.115. The molecular formula is C15H13N3O2S2. The molecule has 0 spiro atoms. The zero-order valence-electron chi connectivity index (χ0n) is 11.6.